The van der Waals surface area contributed by atoms with Gasteiger partial charge in [0, 0.05) is 18.6 Å². The van der Waals surface area contributed by atoms with Crippen molar-refractivity contribution in [3.8, 4) is 0 Å². The van der Waals surface area contributed by atoms with Crippen LogP contribution in [0.1, 0.15) is 0 Å². The number of aromatic nitrogens is 1. The second kappa shape index (κ2) is 3.89. The number of rotatable bonds is 2. The molecule has 5 nitrogen and oxygen atoms in total. The van der Waals surface area contributed by atoms with Crippen LogP contribution in [0.4, 0.5) is 5.69 Å². The number of nitrogens with zero attached hydrogens (tertiary/aromatic N) is 1. The van der Waals surface area contributed by atoms with E-state index in [-0.39, 0.29) is 11.1 Å². The first-order valence-corrected chi connectivity index (χ1v) is 6.84. The summed E-state index contributed by atoms with van der Waals surface area (Å²) in [4.78, 5) is 12.0. The molecule has 0 saturated carbocycles. The molecule has 0 aliphatic carbocycles. The molecule has 0 fully saturated rings. The Hall–Kier alpha value is -1.82. The summed E-state index contributed by atoms with van der Waals surface area (Å²) in [7, 11) is -1.69. The van der Waals surface area contributed by atoms with Crippen LogP contribution >= 0.6 is 0 Å². The Labute approximate surface area is 98.7 Å². The normalized spacial score (nSPS) is 11.6. The highest BCUT2D eigenvalue weighted by molar-refractivity contribution is 7.92. The summed E-state index contributed by atoms with van der Waals surface area (Å²) in [6.45, 7) is 0. The largest absolute Gasteiger partial charge is 0.348 e. The zero-order chi connectivity index (χ0) is 12.6. The van der Waals surface area contributed by atoms with E-state index in [1.165, 1.54) is 6.20 Å². The smallest absolute Gasteiger partial charge is 0.229 e. The van der Waals surface area contributed by atoms with Gasteiger partial charge in [-0.3, -0.25) is 9.52 Å². The molecule has 17 heavy (non-hydrogen) atoms. The lowest BCUT2D eigenvalue weighted by atomic mass is 10.2. The van der Waals surface area contributed by atoms with Crippen LogP contribution in [0.25, 0.3) is 10.9 Å². The average Bonchev–Trinajstić information content (AvgIpc) is 2.24. The lowest BCUT2D eigenvalue weighted by Gasteiger charge is -2.09. The van der Waals surface area contributed by atoms with Crippen LogP contribution in [0.5, 0.6) is 0 Å². The van der Waals surface area contributed by atoms with Gasteiger partial charge in [0.2, 0.25) is 15.5 Å². The lowest BCUT2D eigenvalue weighted by molar-refractivity contribution is 0.606. The molecule has 1 heterocycles. The van der Waals surface area contributed by atoms with Crippen molar-refractivity contribution >= 4 is 26.6 Å². The molecule has 1 aromatic heterocycles. The second-order valence-corrected chi connectivity index (χ2v) is 5.62. The van der Waals surface area contributed by atoms with Gasteiger partial charge in [-0.15, -0.1) is 0 Å². The quantitative estimate of drug-likeness (QED) is 0.863. The Kier molecular flexibility index (Phi) is 2.66. The van der Waals surface area contributed by atoms with E-state index < -0.39 is 10.0 Å². The van der Waals surface area contributed by atoms with Gasteiger partial charge in [-0.2, -0.15) is 0 Å². The molecule has 1 N–H and O–H groups in total. The molecule has 2 aromatic rings. The van der Waals surface area contributed by atoms with Crippen molar-refractivity contribution in [2.45, 2.75) is 0 Å². The Morgan fingerprint density at radius 1 is 1.24 bits per heavy atom. The number of anilines is 1. The fourth-order valence-corrected chi connectivity index (χ4v) is 2.26. The maximum absolute atomic E-state index is 12.0. The molecule has 90 valence electrons. The molecule has 0 unspecified atom stereocenters. The van der Waals surface area contributed by atoms with Crippen LogP contribution in [0, 0.1) is 0 Å². The molecule has 0 radical (unpaired) electrons. The van der Waals surface area contributed by atoms with Gasteiger partial charge in [-0.05, 0) is 12.1 Å². The zero-order valence-corrected chi connectivity index (χ0v) is 10.3. The van der Waals surface area contributed by atoms with Crippen LogP contribution in [0.15, 0.2) is 35.3 Å². The summed E-state index contributed by atoms with van der Waals surface area (Å²) in [6, 6.07) is 7.05. The van der Waals surface area contributed by atoms with Crippen LogP contribution < -0.4 is 10.2 Å². The van der Waals surface area contributed by atoms with Crippen molar-refractivity contribution in [3.05, 3.63) is 40.7 Å². The molecule has 0 spiro atoms. The second-order valence-electron chi connectivity index (χ2n) is 3.87. The molecule has 6 heteroatoms. The lowest BCUT2D eigenvalue weighted by Crippen LogP contribution is -2.19. The number of nitrogens with one attached hydrogen (secondary N) is 1. The summed E-state index contributed by atoms with van der Waals surface area (Å²) in [5.41, 5.74) is 0.509. The minimum atomic E-state index is -3.45. The van der Waals surface area contributed by atoms with Gasteiger partial charge in [0.05, 0.1) is 11.8 Å². The van der Waals surface area contributed by atoms with E-state index in [9.17, 15) is 13.2 Å². The molecule has 0 saturated heterocycles. The minimum absolute atomic E-state index is 0.0636. The van der Waals surface area contributed by atoms with Crippen LogP contribution in [-0.4, -0.2) is 19.2 Å². The molecule has 0 bridgehead atoms. The van der Waals surface area contributed by atoms with Gasteiger partial charge in [0.15, 0.2) is 0 Å². The van der Waals surface area contributed by atoms with Crippen LogP contribution in [-0.2, 0) is 17.1 Å². The predicted octanol–water partition coefficient (Wildman–Crippen LogP) is 0.910. The fourth-order valence-electron chi connectivity index (χ4n) is 1.71. The summed E-state index contributed by atoms with van der Waals surface area (Å²) in [6.07, 6.45) is 2.49. The molecule has 2 rings (SSSR count). The summed E-state index contributed by atoms with van der Waals surface area (Å²) < 4.78 is 26.2. The van der Waals surface area contributed by atoms with E-state index in [4.69, 9.17) is 0 Å². The van der Waals surface area contributed by atoms with Crippen molar-refractivity contribution in [2.75, 3.05) is 11.0 Å². The predicted molar refractivity (Wildman–Crippen MR) is 67.7 cm³/mol. The number of hydrogen-bond donors (Lipinski definition) is 1. The number of aryl methyl sites for hydroxylation is 1. The molecule has 0 aliphatic rings. The molecule has 0 atom stereocenters. The minimum Gasteiger partial charge on any atom is -0.348 e. The van der Waals surface area contributed by atoms with Gasteiger partial charge < -0.3 is 4.57 Å². The number of para-hydroxylation sites is 1. The SMILES string of the molecule is Cn1cc(NS(C)(=O)=O)c(=O)c2ccccc21. The first-order valence-electron chi connectivity index (χ1n) is 4.94. The van der Waals surface area contributed by atoms with E-state index in [1.54, 1.807) is 29.8 Å². The highest BCUT2D eigenvalue weighted by Crippen LogP contribution is 2.13. The Balaban J connectivity index is 2.76. The third-order valence-corrected chi connectivity index (χ3v) is 2.98. The monoisotopic (exact) mass is 252 g/mol. The molecular weight excluding hydrogens is 240 g/mol. The van der Waals surface area contributed by atoms with Crippen molar-refractivity contribution in [1.29, 1.82) is 0 Å². The first-order chi connectivity index (χ1) is 7.88. The van der Waals surface area contributed by atoms with E-state index in [1.807, 2.05) is 6.07 Å². The standard InChI is InChI=1S/C11H12N2O3S/c1-13-7-9(12-17(2,15)16)11(14)8-5-3-4-6-10(8)13/h3-7,12H,1-2H3. The van der Waals surface area contributed by atoms with Gasteiger partial charge in [-0.1, -0.05) is 12.1 Å². The van der Waals surface area contributed by atoms with Crippen LogP contribution in [0.2, 0.25) is 0 Å². The molecule has 1 aromatic carbocycles. The Morgan fingerprint density at radius 2 is 1.88 bits per heavy atom. The van der Waals surface area contributed by atoms with Crippen molar-refractivity contribution < 1.29 is 8.42 Å². The molecule has 0 aliphatic heterocycles. The Bertz CT molecular complexity index is 732. The fraction of sp³-hybridized carbons (Fsp3) is 0.182. The van der Waals surface area contributed by atoms with Gasteiger partial charge >= 0.3 is 0 Å². The molecule has 0 amide bonds. The van der Waals surface area contributed by atoms with Crippen LogP contribution in [0.3, 0.4) is 0 Å². The first kappa shape index (κ1) is 11.7. The summed E-state index contributed by atoms with van der Waals surface area (Å²) >= 11 is 0. The third kappa shape index (κ3) is 2.31. The number of sulfonamides is 1. The average molecular weight is 252 g/mol. The zero-order valence-electron chi connectivity index (χ0n) is 9.47. The third-order valence-electron chi connectivity index (χ3n) is 2.39. The number of fused-ring (bicyclic) bond motifs is 1. The number of hydrogen-bond acceptors (Lipinski definition) is 3. The van der Waals surface area contributed by atoms with E-state index in [0.717, 1.165) is 11.8 Å². The highest BCUT2D eigenvalue weighted by atomic mass is 32.2. The summed E-state index contributed by atoms with van der Waals surface area (Å²) in [5, 5.41) is 0.489. The summed E-state index contributed by atoms with van der Waals surface area (Å²) in [5.74, 6) is 0. The van der Waals surface area contributed by atoms with Gasteiger partial charge in [-0.25, -0.2) is 8.42 Å². The van der Waals surface area contributed by atoms with E-state index in [0.29, 0.717) is 5.39 Å². The van der Waals surface area contributed by atoms with Gasteiger partial charge in [0.1, 0.15) is 5.69 Å². The topological polar surface area (TPSA) is 68.2 Å². The van der Waals surface area contributed by atoms with Crippen molar-refractivity contribution in [2.24, 2.45) is 7.05 Å². The number of benzene rings is 1. The number of pyridine rings is 1. The maximum Gasteiger partial charge on any atom is 0.229 e. The van der Waals surface area contributed by atoms with E-state index >= 15 is 0 Å². The van der Waals surface area contributed by atoms with Gasteiger partial charge in [0.25, 0.3) is 0 Å². The molecular formula is C11H12N2O3S. The highest BCUT2D eigenvalue weighted by Gasteiger charge is 2.10. The maximum atomic E-state index is 12.0. The van der Waals surface area contributed by atoms with Crippen molar-refractivity contribution in [3.63, 3.8) is 0 Å². The van der Waals surface area contributed by atoms with Crippen molar-refractivity contribution in [1.82, 2.24) is 4.57 Å². The Morgan fingerprint density at radius 3 is 2.53 bits per heavy atom. The van der Waals surface area contributed by atoms with E-state index in [2.05, 4.69) is 4.72 Å².